The molecule has 0 spiro atoms. The van der Waals surface area contributed by atoms with E-state index in [0.29, 0.717) is 24.3 Å². The second-order valence-corrected chi connectivity index (χ2v) is 17.9. The van der Waals surface area contributed by atoms with Gasteiger partial charge in [-0.25, -0.2) is 12.6 Å². The first-order valence-electron chi connectivity index (χ1n) is 17.8. The van der Waals surface area contributed by atoms with Gasteiger partial charge in [0.2, 0.25) is 9.84 Å². The summed E-state index contributed by atoms with van der Waals surface area (Å²) >= 11 is 0. The summed E-state index contributed by atoms with van der Waals surface area (Å²) in [7, 11) is -6.53. The van der Waals surface area contributed by atoms with Crippen molar-refractivity contribution in [1.82, 2.24) is 0 Å². The second-order valence-electron chi connectivity index (χ2n) is 14.7. The van der Waals surface area contributed by atoms with E-state index < -0.39 is 83.6 Å². The van der Waals surface area contributed by atoms with Gasteiger partial charge < -0.3 is 0 Å². The average molecular weight is 887 g/mol. The fourth-order valence-corrected chi connectivity index (χ4v) is 12.1. The molecule has 0 amide bonds. The van der Waals surface area contributed by atoms with E-state index in [9.17, 15) is 65.3 Å². The van der Waals surface area contributed by atoms with Gasteiger partial charge in [0.1, 0.15) is 0 Å². The van der Waals surface area contributed by atoms with Gasteiger partial charge in [-0.15, -0.1) is 0 Å². The largest absolute Gasteiger partial charge is 0.416 e. The highest BCUT2D eigenvalue weighted by Gasteiger charge is 2.45. The molecule has 17 heteroatoms. The molecule has 3 nitrogen and oxygen atoms in total. The van der Waals surface area contributed by atoms with Crippen LogP contribution in [0.5, 0.6) is 0 Å². The minimum Gasteiger partial charge on any atom is -0.249 e. The van der Waals surface area contributed by atoms with Crippen LogP contribution in [-0.2, 0) is 45.3 Å². The van der Waals surface area contributed by atoms with Crippen molar-refractivity contribution in [1.29, 1.82) is 0 Å². The molecule has 6 aromatic carbocycles. The monoisotopic (exact) mass is 886 g/mol. The zero-order valence-electron chi connectivity index (χ0n) is 30.0. The van der Waals surface area contributed by atoms with Gasteiger partial charge in [0.15, 0.2) is 0 Å². The average Bonchev–Trinajstić information content (AvgIpc) is 3.85. The van der Waals surface area contributed by atoms with Crippen LogP contribution in [0.25, 0.3) is 42.9 Å². The smallest absolute Gasteiger partial charge is 0.249 e. The summed E-state index contributed by atoms with van der Waals surface area (Å²) in [6.07, 6.45) is -21.0. The van der Waals surface area contributed by atoms with Gasteiger partial charge in [-0.05, 0) is 116 Å². The molecule has 0 N–H and O–H groups in total. The molecule has 61 heavy (non-hydrogen) atoms. The van der Waals surface area contributed by atoms with E-state index in [1.54, 1.807) is 12.1 Å². The molecule has 0 saturated carbocycles. The summed E-state index contributed by atoms with van der Waals surface area (Å²) in [5.74, 6) is 0. The fourth-order valence-electron chi connectivity index (χ4n) is 8.65. The number of fused-ring (bicyclic) bond motifs is 9. The number of sulfone groups is 1. The second kappa shape index (κ2) is 12.3. The van der Waals surface area contributed by atoms with Crippen molar-refractivity contribution in [3.05, 3.63) is 175 Å². The Balaban J connectivity index is 1.34. The highest BCUT2D eigenvalue weighted by atomic mass is 32.2. The Morgan fingerprint density at radius 2 is 0.852 bits per heavy atom. The first-order valence-corrected chi connectivity index (χ1v) is 20.4. The van der Waals surface area contributed by atoms with E-state index >= 15 is 0 Å². The summed E-state index contributed by atoms with van der Waals surface area (Å²) in [6, 6.07) is 19.0. The molecule has 0 radical (unpaired) electrons. The fraction of sp³-hybridized carbons (Fsp3) is 0.0909. The van der Waals surface area contributed by atoms with Gasteiger partial charge in [0.25, 0.3) is 0 Å². The normalized spacial score (nSPS) is 17.8. The van der Waals surface area contributed by atoms with Crippen LogP contribution < -0.4 is 10.4 Å². The Morgan fingerprint density at radius 3 is 1.36 bits per heavy atom. The molecule has 4 aliphatic rings. The number of halogens is 12. The van der Waals surface area contributed by atoms with E-state index in [0.717, 1.165) is 0 Å². The van der Waals surface area contributed by atoms with Crippen LogP contribution in [0, 0.1) is 0 Å². The van der Waals surface area contributed by atoms with Crippen LogP contribution in [0.3, 0.4) is 0 Å². The summed E-state index contributed by atoms with van der Waals surface area (Å²) in [5.41, 5.74) is -7.80. The maximum Gasteiger partial charge on any atom is 0.416 e. The third kappa shape index (κ3) is 5.72. The van der Waals surface area contributed by atoms with Crippen molar-refractivity contribution in [2.45, 2.75) is 34.5 Å². The molecular weight excluding hydrogens is 869 g/mol. The molecule has 2 aliphatic heterocycles. The van der Waals surface area contributed by atoms with E-state index in [4.69, 9.17) is 0 Å². The van der Waals surface area contributed by atoms with Crippen LogP contribution >= 0.6 is 0 Å². The van der Waals surface area contributed by atoms with Crippen molar-refractivity contribution in [3.63, 3.8) is 0 Å². The first-order chi connectivity index (χ1) is 28.4. The number of benzene rings is 6. The quantitative estimate of drug-likeness (QED) is 0.163. The molecule has 1 unspecified atom stereocenters. The first kappa shape index (κ1) is 39.2. The molecule has 1 atom stereocenters. The zero-order chi connectivity index (χ0) is 43.5. The third-order valence-electron chi connectivity index (χ3n) is 11.1. The van der Waals surface area contributed by atoms with Crippen LogP contribution in [0.1, 0.15) is 55.6 Å². The lowest BCUT2D eigenvalue weighted by atomic mass is 9.90. The number of allylic oxidation sites excluding steroid dienone is 2. The van der Waals surface area contributed by atoms with E-state index in [1.807, 2.05) is 0 Å². The molecular formula is C44H18F12O3S2. The maximum absolute atomic E-state index is 14.3. The Bertz CT molecular complexity index is 3320. The topological polar surface area (TPSA) is 51.2 Å². The molecule has 308 valence electrons. The van der Waals surface area contributed by atoms with Crippen molar-refractivity contribution in [2.75, 3.05) is 0 Å². The highest BCUT2D eigenvalue weighted by Crippen LogP contribution is 2.54. The third-order valence-corrected chi connectivity index (χ3v) is 14.6. The zero-order valence-corrected chi connectivity index (χ0v) is 31.6. The van der Waals surface area contributed by atoms with Crippen LogP contribution in [-0.4, -0.2) is 12.6 Å². The summed E-state index contributed by atoms with van der Waals surface area (Å²) in [6.45, 7) is 0. The lowest BCUT2D eigenvalue weighted by Gasteiger charge is -2.17. The number of hydrogen-bond donors (Lipinski definition) is 0. The van der Waals surface area contributed by atoms with E-state index in [2.05, 4.69) is 0 Å². The van der Waals surface area contributed by atoms with Gasteiger partial charge >= 0.3 is 24.7 Å². The standard InChI is InChI=1S/C44H18F12O3S2/c45-41(46,47)23-9-21(10-24(17-23)42(48,49)50)35-29-13-20-16-32-30(14-19(20)15-31(29)39-37(35)27-5-1-3-7-33(27)60(39)57)36(38-28-6-2-4-8-34(28)61(58,59)40(32)38)22-11-25(43(51,52)53)18-26(12-22)44(54,55)56/h1-18H. The molecule has 0 bridgehead atoms. The Labute approximate surface area is 337 Å². The van der Waals surface area contributed by atoms with Crippen LogP contribution in [0.4, 0.5) is 52.7 Å². The Hall–Kier alpha value is -5.94. The van der Waals surface area contributed by atoms with Crippen molar-refractivity contribution >= 4 is 63.5 Å². The van der Waals surface area contributed by atoms with Gasteiger partial charge in [-0.3, -0.25) is 0 Å². The van der Waals surface area contributed by atoms with Gasteiger partial charge in [0.05, 0.1) is 52.7 Å². The van der Waals surface area contributed by atoms with E-state index in [1.165, 1.54) is 60.7 Å². The molecule has 0 aromatic heterocycles. The van der Waals surface area contributed by atoms with Crippen LogP contribution in [0.2, 0.25) is 0 Å². The Kier molecular flexibility index (Phi) is 7.93. The summed E-state index contributed by atoms with van der Waals surface area (Å²) < 4.78 is 213. The lowest BCUT2D eigenvalue weighted by molar-refractivity contribution is -0.144. The Morgan fingerprint density at radius 1 is 0.426 bits per heavy atom. The molecule has 0 fully saturated rings. The SMILES string of the molecule is O=S1C2=C(C(c3cc(C(F)(F)F)cc(C(F)(F)F)c3)=c3cc4cc5c(cc4cc32)=C(c2cc(C(F)(F)F)cc(C(F)(F)F)c2)C2=C5S(=O)(=O)c3ccccc32)c2ccccc21. The molecule has 0 saturated heterocycles. The maximum atomic E-state index is 14.3. The van der Waals surface area contributed by atoms with Crippen LogP contribution in [0.15, 0.2) is 119 Å². The van der Waals surface area contributed by atoms with Gasteiger partial charge in [0, 0.05) is 33.4 Å². The molecule has 10 rings (SSSR count). The van der Waals surface area contributed by atoms with Gasteiger partial charge in [-0.1, -0.05) is 36.4 Å². The van der Waals surface area contributed by atoms with Gasteiger partial charge in [-0.2, -0.15) is 52.7 Å². The highest BCUT2D eigenvalue weighted by molar-refractivity contribution is 8.01. The molecule has 2 heterocycles. The minimum absolute atomic E-state index is 0.00997. The number of rotatable bonds is 2. The lowest BCUT2D eigenvalue weighted by Crippen LogP contribution is -2.16. The predicted octanol–water partition coefficient (Wildman–Crippen LogP) is 11.0. The summed E-state index contributed by atoms with van der Waals surface area (Å²) in [5, 5.41) is 0.320. The van der Waals surface area contributed by atoms with Crippen molar-refractivity contribution in [3.8, 4) is 0 Å². The molecule has 6 aromatic rings. The van der Waals surface area contributed by atoms with E-state index in [-0.39, 0.29) is 92.6 Å². The summed E-state index contributed by atoms with van der Waals surface area (Å²) in [4.78, 5) is -0.409. The van der Waals surface area contributed by atoms with Crippen molar-refractivity contribution < 1.29 is 65.3 Å². The predicted molar refractivity (Wildman–Crippen MR) is 201 cm³/mol. The molecule has 2 aliphatic carbocycles. The number of alkyl halides is 12. The minimum atomic E-state index is -5.26. The number of hydrogen-bond acceptors (Lipinski definition) is 3. The van der Waals surface area contributed by atoms with Crippen molar-refractivity contribution in [2.24, 2.45) is 0 Å².